The van der Waals surface area contributed by atoms with E-state index in [-0.39, 0.29) is 29.3 Å². The maximum Gasteiger partial charge on any atom is 0.305 e. The van der Waals surface area contributed by atoms with Crippen molar-refractivity contribution < 1.29 is 27.6 Å². The van der Waals surface area contributed by atoms with Gasteiger partial charge in [-0.15, -0.1) is 0 Å². The molecule has 1 aliphatic carbocycles. The number of carboxylic acids is 1. The zero-order valence-electron chi connectivity index (χ0n) is 13.6. The fourth-order valence-electron chi connectivity index (χ4n) is 2.97. The van der Waals surface area contributed by atoms with Gasteiger partial charge in [0, 0.05) is 6.54 Å². The average Bonchev–Trinajstić information content (AvgIpc) is 3.06. The van der Waals surface area contributed by atoms with Crippen LogP contribution in [0, 0.1) is 13.8 Å². The largest absolute Gasteiger partial charge is 0.481 e. The van der Waals surface area contributed by atoms with Crippen molar-refractivity contribution in [1.29, 1.82) is 0 Å². The van der Waals surface area contributed by atoms with Crippen molar-refractivity contribution >= 4 is 21.9 Å². The summed E-state index contributed by atoms with van der Waals surface area (Å²) in [6.45, 7) is 2.95. The number of aryl methyl sites for hydroxylation is 2. The summed E-state index contributed by atoms with van der Waals surface area (Å²) < 4.78 is 32.8. The molecule has 1 heterocycles. The van der Waals surface area contributed by atoms with Crippen LogP contribution in [-0.2, 0) is 19.6 Å². The second-order valence-electron chi connectivity index (χ2n) is 5.95. The number of carbonyl (C=O) groups excluding carboxylic acids is 1. The van der Waals surface area contributed by atoms with Crippen LogP contribution in [0.3, 0.4) is 0 Å². The third-order valence-electron chi connectivity index (χ3n) is 4.08. The molecule has 1 amide bonds. The molecule has 3 N–H and O–H groups in total. The van der Waals surface area contributed by atoms with E-state index in [9.17, 15) is 18.0 Å². The Labute approximate surface area is 139 Å². The molecule has 0 unspecified atom stereocenters. The Morgan fingerprint density at radius 3 is 2.42 bits per heavy atom. The van der Waals surface area contributed by atoms with E-state index in [2.05, 4.69) is 15.2 Å². The number of sulfonamides is 1. The molecule has 1 aliphatic rings. The monoisotopic (exact) mass is 359 g/mol. The quantitative estimate of drug-likeness (QED) is 0.643. The number of aliphatic carboxylic acids is 1. The molecule has 0 aliphatic heterocycles. The van der Waals surface area contributed by atoms with Gasteiger partial charge in [0.25, 0.3) is 0 Å². The topological polar surface area (TPSA) is 139 Å². The minimum Gasteiger partial charge on any atom is -0.481 e. The van der Waals surface area contributed by atoms with Crippen molar-refractivity contribution in [3.63, 3.8) is 0 Å². The number of carbonyl (C=O) groups is 2. The molecule has 24 heavy (non-hydrogen) atoms. The predicted octanol–water partition coefficient (Wildman–Crippen LogP) is 0.473. The Balaban J connectivity index is 2.21. The van der Waals surface area contributed by atoms with Crippen LogP contribution in [-0.4, -0.2) is 42.6 Å². The number of rotatable bonds is 7. The van der Waals surface area contributed by atoms with E-state index in [1.165, 1.54) is 13.8 Å². The highest BCUT2D eigenvalue weighted by molar-refractivity contribution is 7.89. The van der Waals surface area contributed by atoms with Crippen molar-refractivity contribution in [2.24, 2.45) is 0 Å². The standard InChI is InChI=1S/C14H21N3O6S/c1-9-12(10(2)23-16-9)24(21,22)17-14(6-3-4-7-14)13(20)15-8-5-11(18)19/h17H,3-8H2,1-2H3,(H,15,20)(H,18,19). The number of amides is 1. The fraction of sp³-hybridized carbons (Fsp3) is 0.643. The van der Waals surface area contributed by atoms with Gasteiger partial charge >= 0.3 is 5.97 Å². The molecule has 0 saturated heterocycles. The van der Waals surface area contributed by atoms with Crippen LogP contribution in [0.15, 0.2) is 9.42 Å². The molecule has 0 aromatic carbocycles. The summed E-state index contributed by atoms with van der Waals surface area (Å²) in [5.74, 6) is -1.39. The number of nitrogens with one attached hydrogen (secondary N) is 2. The first-order chi connectivity index (χ1) is 11.2. The van der Waals surface area contributed by atoms with Gasteiger partial charge in [-0.05, 0) is 26.7 Å². The summed E-state index contributed by atoms with van der Waals surface area (Å²) in [5.41, 5.74) is -1.05. The highest BCUT2D eigenvalue weighted by atomic mass is 32.2. The van der Waals surface area contributed by atoms with E-state index in [1.54, 1.807) is 0 Å². The van der Waals surface area contributed by atoms with Crippen LogP contribution in [0.1, 0.15) is 43.6 Å². The summed E-state index contributed by atoms with van der Waals surface area (Å²) in [6, 6.07) is 0. The molecule has 0 spiro atoms. The summed E-state index contributed by atoms with van der Waals surface area (Å²) in [4.78, 5) is 23.0. The smallest absolute Gasteiger partial charge is 0.305 e. The van der Waals surface area contributed by atoms with Crippen LogP contribution in [0.2, 0.25) is 0 Å². The summed E-state index contributed by atoms with van der Waals surface area (Å²) in [5, 5.41) is 14.8. The second kappa shape index (κ2) is 6.89. The normalized spacial score (nSPS) is 16.9. The number of carboxylic acid groups (broad SMARTS) is 1. The van der Waals surface area contributed by atoms with Gasteiger partial charge in [0.2, 0.25) is 15.9 Å². The van der Waals surface area contributed by atoms with Crippen LogP contribution in [0.4, 0.5) is 0 Å². The van der Waals surface area contributed by atoms with Crippen molar-refractivity contribution in [3.8, 4) is 0 Å². The van der Waals surface area contributed by atoms with E-state index in [1.807, 2.05) is 0 Å². The van der Waals surface area contributed by atoms with Gasteiger partial charge in [-0.3, -0.25) is 9.59 Å². The second-order valence-corrected chi connectivity index (χ2v) is 7.57. The van der Waals surface area contributed by atoms with Gasteiger partial charge in [0.1, 0.15) is 16.1 Å². The van der Waals surface area contributed by atoms with Crippen LogP contribution < -0.4 is 10.0 Å². The van der Waals surface area contributed by atoms with Crippen molar-refractivity contribution in [3.05, 3.63) is 11.5 Å². The highest BCUT2D eigenvalue weighted by Gasteiger charge is 2.45. The summed E-state index contributed by atoms with van der Waals surface area (Å²) in [6.07, 6.45) is 1.90. The Morgan fingerprint density at radius 1 is 1.29 bits per heavy atom. The maximum atomic E-state index is 12.7. The SMILES string of the molecule is Cc1noc(C)c1S(=O)(=O)NC1(C(=O)NCCC(=O)O)CCCC1. The zero-order valence-corrected chi connectivity index (χ0v) is 14.4. The highest BCUT2D eigenvalue weighted by Crippen LogP contribution is 2.32. The molecule has 1 aromatic rings. The zero-order chi connectivity index (χ0) is 18.0. The van der Waals surface area contributed by atoms with Crippen LogP contribution in [0.25, 0.3) is 0 Å². The molecule has 0 radical (unpaired) electrons. The maximum absolute atomic E-state index is 12.7. The lowest BCUT2D eigenvalue weighted by Crippen LogP contribution is -2.57. The Bertz CT molecular complexity index is 714. The lowest BCUT2D eigenvalue weighted by Gasteiger charge is -2.28. The predicted molar refractivity (Wildman–Crippen MR) is 82.8 cm³/mol. The van der Waals surface area contributed by atoms with E-state index in [4.69, 9.17) is 9.63 Å². The molecular weight excluding hydrogens is 338 g/mol. The number of hydrogen-bond donors (Lipinski definition) is 3. The third kappa shape index (κ3) is 3.75. The van der Waals surface area contributed by atoms with Crippen molar-refractivity contribution in [1.82, 2.24) is 15.2 Å². The molecule has 0 bridgehead atoms. The van der Waals surface area contributed by atoms with Gasteiger partial charge in [-0.25, -0.2) is 8.42 Å². The molecule has 1 aromatic heterocycles. The minimum absolute atomic E-state index is 0.0526. The first-order valence-corrected chi connectivity index (χ1v) is 9.13. The molecular formula is C14H21N3O6S. The van der Waals surface area contributed by atoms with E-state index in [0.29, 0.717) is 25.7 Å². The lowest BCUT2D eigenvalue weighted by molar-refractivity contribution is -0.137. The van der Waals surface area contributed by atoms with Crippen molar-refractivity contribution in [2.75, 3.05) is 6.54 Å². The van der Waals surface area contributed by atoms with Gasteiger partial charge < -0.3 is 14.9 Å². The first-order valence-electron chi connectivity index (χ1n) is 7.65. The Kier molecular flexibility index (Phi) is 5.29. The van der Waals surface area contributed by atoms with Gasteiger partial charge in [0.05, 0.1) is 6.42 Å². The fourth-order valence-corrected chi connectivity index (χ4v) is 4.73. The van der Waals surface area contributed by atoms with Gasteiger partial charge in [-0.1, -0.05) is 18.0 Å². The Hall–Kier alpha value is -1.94. The molecule has 0 atom stereocenters. The first kappa shape index (κ1) is 18.4. The summed E-state index contributed by atoms with van der Waals surface area (Å²) in [7, 11) is -3.99. The minimum atomic E-state index is -3.99. The molecule has 9 nitrogen and oxygen atoms in total. The number of nitrogens with zero attached hydrogens (tertiary/aromatic N) is 1. The van der Waals surface area contributed by atoms with Crippen LogP contribution >= 0.6 is 0 Å². The third-order valence-corrected chi connectivity index (χ3v) is 5.86. The lowest BCUT2D eigenvalue weighted by atomic mass is 9.98. The average molecular weight is 359 g/mol. The Morgan fingerprint density at radius 2 is 1.92 bits per heavy atom. The van der Waals surface area contributed by atoms with Crippen molar-refractivity contribution in [2.45, 2.75) is 56.4 Å². The van der Waals surface area contributed by atoms with E-state index in [0.717, 1.165) is 0 Å². The van der Waals surface area contributed by atoms with Crippen LogP contribution in [0.5, 0.6) is 0 Å². The molecule has 2 rings (SSSR count). The van der Waals surface area contributed by atoms with Gasteiger partial charge in [0.15, 0.2) is 5.76 Å². The molecule has 134 valence electrons. The van der Waals surface area contributed by atoms with Gasteiger partial charge in [-0.2, -0.15) is 4.72 Å². The number of aromatic nitrogens is 1. The molecule has 1 saturated carbocycles. The van der Waals surface area contributed by atoms with E-state index >= 15 is 0 Å². The molecule has 1 fully saturated rings. The molecule has 10 heteroatoms. The summed E-state index contributed by atoms with van der Waals surface area (Å²) >= 11 is 0. The van der Waals surface area contributed by atoms with E-state index < -0.39 is 27.4 Å². The number of hydrogen-bond acceptors (Lipinski definition) is 6.